The Labute approximate surface area is 117 Å². The molecule has 1 aromatic rings. The van der Waals surface area contributed by atoms with Gasteiger partial charge in [-0.05, 0) is 46.1 Å². The first kappa shape index (κ1) is 14.6. The van der Waals surface area contributed by atoms with Crippen molar-refractivity contribution in [3.05, 3.63) is 23.7 Å². The van der Waals surface area contributed by atoms with Crippen LogP contribution in [0.5, 0.6) is 0 Å². The first-order chi connectivity index (χ1) is 8.85. The minimum absolute atomic E-state index is 0.143. The van der Waals surface area contributed by atoms with Gasteiger partial charge in [-0.3, -0.25) is 4.90 Å². The maximum Gasteiger partial charge on any atom is 0.122 e. The van der Waals surface area contributed by atoms with Crippen LogP contribution >= 0.6 is 0 Å². The average Bonchev–Trinajstić information content (AvgIpc) is 2.83. The number of hydrogen-bond acceptors (Lipinski definition) is 3. The lowest BCUT2D eigenvalue weighted by Gasteiger charge is -2.22. The monoisotopic (exact) mass is 264 g/mol. The first-order valence-corrected chi connectivity index (χ1v) is 7.39. The topological polar surface area (TPSA) is 28.4 Å². The van der Waals surface area contributed by atoms with Gasteiger partial charge in [-0.15, -0.1) is 0 Å². The summed E-state index contributed by atoms with van der Waals surface area (Å²) >= 11 is 0. The van der Waals surface area contributed by atoms with E-state index in [1.54, 1.807) is 0 Å². The molecule has 1 N–H and O–H groups in total. The van der Waals surface area contributed by atoms with Crippen molar-refractivity contribution in [2.24, 2.45) is 5.92 Å². The number of furan rings is 1. The normalized spacial score (nSPS) is 25.1. The third-order valence-electron chi connectivity index (χ3n) is 3.91. The summed E-state index contributed by atoms with van der Waals surface area (Å²) in [6.45, 7) is 14.2. The van der Waals surface area contributed by atoms with Gasteiger partial charge in [-0.2, -0.15) is 0 Å². The van der Waals surface area contributed by atoms with Crippen molar-refractivity contribution >= 4 is 0 Å². The summed E-state index contributed by atoms with van der Waals surface area (Å²) in [5, 5.41) is 3.53. The van der Waals surface area contributed by atoms with Crippen molar-refractivity contribution in [2.75, 3.05) is 6.54 Å². The van der Waals surface area contributed by atoms with Crippen LogP contribution in [0.4, 0.5) is 0 Å². The van der Waals surface area contributed by atoms with Crippen LogP contribution in [0.25, 0.3) is 0 Å². The van der Waals surface area contributed by atoms with E-state index in [1.807, 2.05) is 6.26 Å². The summed E-state index contributed by atoms with van der Waals surface area (Å²) in [7, 11) is 0. The lowest BCUT2D eigenvalue weighted by Crippen LogP contribution is -2.35. The molecule has 3 nitrogen and oxygen atoms in total. The van der Waals surface area contributed by atoms with Gasteiger partial charge in [0, 0.05) is 30.2 Å². The molecule has 0 bridgehead atoms. The molecule has 2 heterocycles. The van der Waals surface area contributed by atoms with E-state index >= 15 is 0 Å². The van der Waals surface area contributed by atoms with Gasteiger partial charge < -0.3 is 9.73 Å². The fourth-order valence-corrected chi connectivity index (χ4v) is 2.81. The third kappa shape index (κ3) is 4.08. The van der Waals surface area contributed by atoms with Crippen LogP contribution in [0, 0.1) is 5.92 Å². The van der Waals surface area contributed by atoms with Gasteiger partial charge >= 0.3 is 0 Å². The van der Waals surface area contributed by atoms with Gasteiger partial charge in [0.1, 0.15) is 5.76 Å². The largest absolute Gasteiger partial charge is 0.468 e. The van der Waals surface area contributed by atoms with Gasteiger partial charge in [0.25, 0.3) is 0 Å². The van der Waals surface area contributed by atoms with Crippen molar-refractivity contribution in [3.63, 3.8) is 0 Å². The lowest BCUT2D eigenvalue weighted by atomic mass is 10.1. The van der Waals surface area contributed by atoms with Crippen LogP contribution in [0.3, 0.4) is 0 Å². The first-order valence-electron chi connectivity index (χ1n) is 7.39. The lowest BCUT2D eigenvalue weighted by molar-refractivity contribution is 0.233. The molecule has 1 aliphatic heterocycles. The highest BCUT2D eigenvalue weighted by molar-refractivity contribution is 5.17. The molecule has 0 amide bonds. The summed E-state index contributed by atoms with van der Waals surface area (Å²) in [6, 6.07) is 2.77. The van der Waals surface area contributed by atoms with Crippen molar-refractivity contribution in [1.29, 1.82) is 0 Å². The summed E-state index contributed by atoms with van der Waals surface area (Å²) in [5.74, 6) is 1.93. The molecule has 2 unspecified atom stereocenters. The molecular formula is C16H28N2O. The highest BCUT2D eigenvalue weighted by Gasteiger charge is 2.27. The molecule has 108 valence electrons. The highest BCUT2D eigenvalue weighted by Crippen LogP contribution is 2.25. The van der Waals surface area contributed by atoms with Crippen LogP contribution in [0.1, 0.15) is 52.4 Å². The number of hydrogen-bond donors (Lipinski definition) is 1. The quantitative estimate of drug-likeness (QED) is 0.903. The van der Waals surface area contributed by atoms with Crippen molar-refractivity contribution in [2.45, 2.75) is 65.7 Å². The molecule has 1 aromatic heterocycles. The smallest absolute Gasteiger partial charge is 0.122 e. The summed E-state index contributed by atoms with van der Waals surface area (Å²) < 4.78 is 5.69. The average molecular weight is 264 g/mol. The van der Waals surface area contributed by atoms with E-state index in [0.717, 1.165) is 24.8 Å². The molecule has 2 rings (SSSR count). The highest BCUT2D eigenvalue weighted by atomic mass is 16.3. The van der Waals surface area contributed by atoms with Crippen LogP contribution < -0.4 is 5.32 Å². The maximum absolute atomic E-state index is 5.69. The third-order valence-corrected chi connectivity index (χ3v) is 3.91. The Kier molecular flexibility index (Phi) is 4.36. The molecule has 1 saturated heterocycles. The van der Waals surface area contributed by atoms with E-state index in [1.165, 1.54) is 18.5 Å². The van der Waals surface area contributed by atoms with Gasteiger partial charge in [-0.1, -0.05) is 6.92 Å². The number of likely N-dealkylation sites (tertiary alicyclic amines) is 1. The van der Waals surface area contributed by atoms with Crippen molar-refractivity contribution < 1.29 is 4.42 Å². The Morgan fingerprint density at radius 3 is 2.68 bits per heavy atom. The summed E-state index contributed by atoms with van der Waals surface area (Å²) in [5.41, 5.74) is 1.44. The Morgan fingerprint density at radius 1 is 1.37 bits per heavy atom. The van der Waals surface area contributed by atoms with Crippen LogP contribution in [0.15, 0.2) is 16.7 Å². The molecule has 0 aliphatic carbocycles. The molecule has 19 heavy (non-hydrogen) atoms. The molecule has 1 aliphatic rings. The van der Waals surface area contributed by atoms with E-state index in [4.69, 9.17) is 4.42 Å². The Hall–Kier alpha value is -0.800. The molecule has 0 spiro atoms. The second-order valence-corrected chi connectivity index (χ2v) is 7.09. The molecule has 3 heteroatoms. The second-order valence-electron chi connectivity index (χ2n) is 7.09. The minimum atomic E-state index is 0.143. The molecule has 0 radical (unpaired) electrons. The summed E-state index contributed by atoms with van der Waals surface area (Å²) in [4.78, 5) is 2.53. The van der Waals surface area contributed by atoms with Gasteiger partial charge in [0.2, 0.25) is 0 Å². The summed E-state index contributed by atoms with van der Waals surface area (Å²) in [6.07, 6.45) is 3.12. The van der Waals surface area contributed by atoms with E-state index in [9.17, 15) is 0 Å². The molecule has 1 fully saturated rings. The van der Waals surface area contributed by atoms with E-state index in [0.29, 0.717) is 6.04 Å². The second kappa shape index (κ2) is 5.68. The molecule has 0 aromatic carbocycles. The van der Waals surface area contributed by atoms with Gasteiger partial charge in [0.05, 0.1) is 12.8 Å². The molecule has 2 atom stereocenters. The Bertz CT molecular complexity index is 405. The fourth-order valence-electron chi connectivity index (χ4n) is 2.81. The SMILES string of the molecule is CC1CC(C)N(Cc2occc2CNC(C)(C)C)C1. The Balaban J connectivity index is 1.96. The maximum atomic E-state index is 5.69. The van der Waals surface area contributed by atoms with Crippen LogP contribution in [-0.4, -0.2) is 23.0 Å². The van der Waals surface area contributed by atoms with Crippen LogP contribution in [-0.2, 0) is 13.1 Å². The number of nitrogens with one attached hydrogen (secondary N) is 1. The van der Waals surface area contributed by atoms with E-state index in [2.05, 4.69) is 50.9 Å². The van der Waals surface area contributed by atoms with Gasteiger partial charge in [0.15, 0.2) is 0 Å². The van der Waals surface area contributed by atoms with Crippen LogP contribution in [0.2, 0.25) is 0 Å². The Morgan fingerprint density at radius 2 is 2.11 bits per heavy atom. The number of nitrogens with zero attached hydrogens (tertiary/aromatic N) is 1. The van der Waals surface area contributed by atoms with Crippen molar-refractivity contribution in [1.82, 2.24) is 10.2 Å². The standard InChI is InChI=1S/C16H28N2O/c1-12-8-13(2)18(10-12)11-15-14(6-7-19-15)9-17-16(3,4)5/h6-7,12-13,17H,8-11H2,1-5H3. The zero-order chi connectivity index (χ0) is 14.0. The fraction of sp³-hybridized carbons (Fsp3) is 0.750. The van der Waals surface area contributed by atoms with E-state index in [-0.39, 0.29) is 5.54 Å². The zero-order valence-corrected chi connectivity index (χ0v) is 13.0. The predicted octanol–water partition coefficient (Wildman–Crippen LogP) is 3.40. The minimum Gasteiger partial charge on any atom is -0.468 e. The number of rotatable bonds is 4. The van der Waals surface area contributed by atoms with Crippen molar-refractivity contribution in [3.8, 4) is 0 Å². The van der Waals surface area contributed by atoms with E-state index < -0.39 is 0 Å². The molecular weight excluding hydrogens is 236 g/mol. The predicted molar refractivity (Wildman–Crippen MR) is 79.0 cm³/mol. The molecule has 0 saturated carbocycles. The zero-order valence-electron chi connectivity index (χ0n) is 13.0. The van der Waals surface area contributed by atoms with Gasteiger partial charge in [-0.25, -0.2) is 0 Å².